The molecule has 0 amide bonds. The van der Waals surface area contributed by atoms with Crippen LogP contribution in [0, 0.1) is 0 Å². The monoisotopic (exact) mass is 273 g/mol. The first kappa shape index (κ1) is 15.2. The third kappa shape index (κ3) is 5.06. The highest BCUT2D eigenvalue weighted by molar-refractivity contribution is 5.15. The Balaban J connectivity index is 1.87. The van der Waals surface area contributed by atoms with Crippen molar-refractivity contribution >= 4 is 0 Å². The van der Waals surface area contributed by atoms with Gasteiger partial charge in [0, 0.05) is 37.9 Å². The minimum atomic E-state index is 0.149. The van der Waals surface area contributed by atoms with Crippen molar-refractivity contribution in [3.63, 3.8) is 0 Å². The summed E-state index contributed by atoms with van der Waals surface area (Å²) >= 11 is 0. The van der Waals surface area contributed by atoms with E-state index in [1.54, 1.807) is 0 Å². The van der Waals surface area contributed by atoms with Gasteiger partial charge in [-0.2, -0.15) is 0 Å². The van der Waals surface area contributed by atoms with Gasteiger partial charge < -0.3 is 5.32 Å². The van der Waals surface area contributed by atoms with Crippen molar-refractivity contribution in [2.24, 2.45) is 0 Å². The molecule has 2 rings (SSSR count). The maximum absolute atomic E-state index is 4.60. The van der Waals surface area contributed by atoms with E-state index >= 15 is 0 Å². The largest absolute Gasteiger partial charge is 0.308 e. The zero-order valence-corrected chi connectivity index (χ0v) is 13.2. The summed E-state index contributed by atoms with van der Waals surface area (Å²) in [6.45, 7) is 12.8. The van der Waals surface area contributed by atoms with Crippen LogP contribution < -0.4 is 5.32 Å². The van der Waals surface area contributed by atoms with Crippen LogP contribution in [-0.2, 0) is 13.1 Å². The zero-order chi connectivity index (χ0) is 14.6. The molecule has 3 nitrogen and oxygen atoms in total. The summed E-state index contributed by atoms with van der Waals surface area (Å²) < 4.78 is 0. The SMILES string of the molecule is CC1=CCCN(Cc2ccc(CNC(C)(C)C)cn2)C1. The van der Waals surface area contributed by atoms with Gasteiger partial charge in [0.05, 0.1) is 5.69 Å². The Morgan fingerprint density at radius 3 is 2.70 bits per heavy atom. The standard InChI is InChI=1S/C17H27N3/c1-14-6-5-9-20(12-14)13-16-8-7-15(10-18-16)11-19-17(2,3)4/h6-8,10,19H,5,9,11-13H2,1-4H3. The number of hydrogen-bond acceptors (Lipinski definition) is 3. The van der Waals surface area contributed by atoms with Crippen LogP contribution >= 0.6 is 0 Å². The van der Waals surface area contributed by atoms with Gasteiger partial charge in [-0.25, -0.2) is 0 Å². The number of hydrogen-bond donors (Lipinski definition) is 1. The van der Waals surface area contributed by atoms with Gasteiger partial charge in [0.2, 0.25) is 0 Å². The summed E-state index contributed by atoms with van der Waals surface area (Å²) in [5.74, 6) is 0. The average molecular weight is 273 g/mol. The van der Waals surface area contributed by atoms with E-state index in [0.29, 0.717) is 0 Å². The molecule has 1 aliphatic heterocycles. The molecule has 0 fully saturated rings. The van der Waals surface area contributed by atoms with Crippen molar-refractivity contribution in [2.75, 3.05) is 13.1 Å². The van der Waals surface area contributed by atoms with Crippen LogP contribution in [0.2, 0.25) is 0 Å². The maximum atomic E-state index is 4.60. The summed E-state index contributed by atoms with van der Waals surface area (Å²) in [7, 11) is 0. The molecule has 2 heterocycles. The van der Waals surface area contributed by atoms with E-state index in [9.17, 15) is 0 Å². The fourth-order valence-electron chi connectivity index (χ4n) is 2.37. The molecule has 0 spiro atoms. The molecule has 20 heavy (non-hydrogen) atoms. The fraction of sp³-hybridized carbons (Fsp3) is 0.588. The second-order valence-electron chi connectivity index (χ2n) is 6.81. The van der Waals surface area contributed by atoms with Crippen LogP contribution in [0.3, 0.4) is 0 Å². The lowest BCUT2D eigenvalue weighted by molar-refractivity contribution is 0.279. The minimum Gasteiger partial charge on any atom is -0.308 e. The summed E-state index contributed by atoms with van der Waals surface area (Å²) in [6, 6.07) is 4.35. The Labute approximate surface area is 123 Å². The molecule has 0 saturated carbocycles. The van der Waals surface area contributed by atoms with Crippen molar-refractivity contribution in [2.45, 2.75) is 52.7 Å². The highest BCUT2D eigenvalue weighted by atomic mass is 15.1. The Kier molecular flexibility index (Phi) is 4.95. The topological polar surface area (TPSA) is 28.2 Å². The minimum absolute atomic E-state index is 0.149. The fourth-order valence-corrected chi connectivity index (χ4v) is 2.37. The van der Waals surface area contributed by atoms with Crippen LogP contribution in [0.15, 0.2) is 30.0 Å². The first-order chi connectivity index (χ1) is 9.42. The predicted octanol–water partition coefficient (Wildman–Crippen LogP) is 3.12. The van der Waals surface area contributed by atoms with Crippen molar-refractivity contribution < 1.29 is 0 Å². The second-order valence-corrected chi connectivity index (χ2v) is 6.81. The van der Waals surface area contributed by atoms with Crippen LogP contribution in [0.25, 0.3) is 0 Å². The van der Waals surface area contributed by atoms with Gasteiger partial charge in [0.15, 0.2) is 0 Å². The van der Waals surface area contributed by atoms with E-state index in [0.717, 1.165) is 26.2 Å². The zero-order valence-electron chi connectivity index (χ0n) is 13.2. The van der Waals surface area contributed by atoms with Gasteiger partial charge in [-0.1, -0.05) is 17.7 Å². The highest BCUT2D eigenvalue weighted by Crippen LogP contribution is 2.12. The normalized spacial score (nSPS) is 17.1. The Bertz CT molecular complexity index is 454. The summed E-state index contributed by atoms with van der Waals surface area (Å²) in [5.41, 5.74) is 4.04. The number of nitrogens with zero attached hydrogens (tertiary/aromatic N) is 2. The van der Waals surface area contributed by atoms with E-state index in [1.165, 1.54) is 23.3 Å². The molecule has 0 unspecified atom stereocenters. The van der Waals surface area contributed by atoms with E-state index in [4.69, 9.17) is 0 Å². The first-order valence-electron chi connectivity index (χ1n) is 7.49. The van der Waals surface area contributed by atoms with Gasteiger partial charge in [-0.05, 0) is 45.7 Å². The van der Waals surface area contributed by atoms with Crippen molar-refractivity contribution in [3.8, 4) is 0 Å². The number of nitrogens with one attached hydrogen (secondary N) is 1. The van der Waals surface area contributed by atoms with Gasteiger partial charge in [-0.3, -0.25) is 9.88 Å². The average Bonchev–Trinajstić information content (AvgIpc) is 2.37. The molecule has 3 heteroatoms. The van der Waals surface area contributed by atoms with Gasteiger partial charge in [0.25, 0.3) is 0 Å². The van der Waals surface area contributed by atoms with Gasteiger partial charge >= 0.3 is 0 Å². The van der Waals surface area contributed by atoms with Crippen LogP contribution in [0.4, 0.5) is 0 Å². The van der Waals surface area contributed by atoms with E-state index in [1.807, 2.05) is 6.20 Å². The molecule has 1 aromatic rings. The second kappa shape index (κ2) is 6.51. The van der Waals surface area contributed by atoms with Crippen molar-refractivity contribution in [3.05, 3.63) is 41.2 Å². The van der Waals surface area contributed by atoms with Crippen LogP contribution in [0.1, 0.15) is 45.4 Å². The van der Waals surface area contributed by atoms with E-state index < -0.39 is 0 Å². The molecule has 1 aromatic heterocycles. The molecular weight excluding hydrogens is 246 g/mol. The lowest BCUT2D eigenvalue weighted by Gasteiger charge is -2.25. The quantitative estimate of drug-likeness (QED) is 0.854. The van der Waals surface area contributed by atoms with Gasteiger partial charge in [-0.15, -0.1) is 0 Å². The van der Waals surface area contributed by atoms with Crippen LogP contribution in [0.5, 0.6) is 0 Å². The molecule has 1 aliphatic rings. The smallest absolute Gasteiger partial charge is 0.0544 e. The molecule has 0 aromatic carbocycles. The van der Waals surface area contributed by atoms with Crippen molar-refractivity contribution in [1.82, 2.24) is 15.2 Å². The third-order valence-electron chi connectivity index (χ3n) is 3.51. The molecule has 1 N–H and O–H groups in total. The maximum Gasteiger partial charge on any atom is 0.0544 e. The molecular formula is C17H27N3. The van der Waals surface area contributed by atoms with Gasteiger partial charge in [0.1, 0.15) is 0 Å². The van der Waals surface area contributed by atoms with Crippen LogP contribution in [-0.4, -0.2) is 28.5 Å². The molecule has 0 saturated heterocycles. The van der Waals surface area contributed by atoms with Crippen molar-refractivity contribution in [1.29, 1.82) is 0 Å². The van der Waals surface area contributed by atoms with E-state index in [2.05, 4.69) is 61.1 Å². The summed E-state index contributed by atoms with van der Waals surface area (Å²) in [6.07, 6.45) is 5.51. The first-order valence-corrected chi connectivity index (χ1v) is 7.49. The molecule has 0 atom stereocenters. The molecule has 110 valence electrons. The highest BCUT2D eigenvalue weighted by Gasteiger charge is 2.11. The predicted molar refractivity (Wildman–Crippen MR) is 84.5 cm³/mol. The summed E-state index contributed by atoms with van der Waals surface area (Å²) in [5, 5.41) is 3.49. The molecule has 0 aliphatic carbocycles. The molecule has 0 radical (unpaired) electrons. The third-order valence-corrected chi connectivity index (χ3v) is 3.51. The number of aromatic nitrogens is 1. The number of rotatable bonds is 4. The Morgan fingerprint density at radius 1 is 1.30 bits per heavy atom. The Hall–Kier alpha value is -1.19. The number of pyridine rings is 1. The Morgan fingerprint density at radius 2 is 2.10 bits per heavy atom. The summed E-state index contributed by atoms with van der Waals surface area (Å²) in [4.78, 5) is 7.06. The lowest BCUT2D eigenvalue weighted by Crippen LogP contribution is -2.35. The molecule has 0 bridgehead atoms. The van der Waals surface area contributed by atoms with E-state index in [-0.39, 0.29) is 5.54 Å². The lowest BCUT2D eigenvalue weighted by atomic mass is 10.1.